The Hall–Kier alpha value is -5.48. The monoisotopic (exact) mass is 524 g/mol. The highest BCUT2D eigenvalue weighted by atomic mass is 14.7. The van der Waals surface area contributed by atoms with Gasteiger partial charge in [0.2, 0.25) is 0 Å². The van der Waals surface area contributed by atoms with Crippen molar-refractivity contribution in [2.24, 2.45) is 4.99 Å². The highest BCUT2D eigenvalue weighted by molar-refractivity contribution is 6.00. The minimum atomic E-state index is -0.345. The molecular formula is C39H28N2. The lowest BCUT2D eigenvalue weighted by Crippen LogP contribution is -2.03. The zero-order chi connectivity index (χ0) is 27.9. The minimum Gasteiger partial charge on any atom is -0.205 e. The number of aliphatic imine (C=N–C) groups is 1. The fourth-order valence-corrected chi connectivity index (χ4v) is 5.29. The summed E-state index contributed by atoms with van der Waals surface area (Å²) in [6.07, 6.45) is 0.651. The lowest BCUT2D eigenvalue weighted by Gasteiger charge is -2.16. The van der Waals surface area contributed by atoms with Crippen LogP contribution in [-0.4, -0.2) is 5.87 Å². The molecule has 41 heavy (non-hydrogen) atoms. The zero-order valence-corrected chi connectivity index (χ0v) is 22.6. The van der Waals surface area contributed by atoms with Crippen molar-refractivity contribution in [3.05, 3.63) is 185 Å². The maximum atomic E-state index is 10.2. The van der Waals surface area contributed by atoms with Crippen molar-refractivity contribution in [2.75, 3.05) is 0 Å². The van der Waals surface area contributed by atoms with Crippen molar-refractivity contribution in [1.29, 1.82) is 5.26 Å². The molecule has 0 aromatic heterocycles. The van der Waals surface area contributed by atoms with E-state index in [9.17, 15) is 5.26 Å². The summed E-state index contributed by atoms with van der Waals surface area (Å²) in [5.41, 5.74) is 8.17. The van der Waals surface area contributed by atoms with Crippen LogP contribution in [0.5, 0.6) is 0 Å². The Balaban J connectivity index is 1.50. The predicted molar refractivity (Wildman–Crippen MR) is 170 cm³/mol. The van der Waals surface area contributed by atoms with Gasteiger partial charge in [0.25, 0.3) is 0 Å². The van der Waals surface area contributed by atoms with Crippen LogP contribution in [0.15, 0.2) is 157 Å². The van der Waals surface area contributed by atoms with Gasteiger partial charge in [-0.25, -0.2) is 4.99 Å². The van der Waals surface area contributed by atoms with E-state index >= 15 is 0 Å². The highest BCUT2D eigenvalue weighted by Gasteiger charge is 2.18. The SMILES string of the molecule is N#CC(c1ccccc1)c1ccccc1Cc1cc2ccccc2cc1N=C=C(c1ccccc1)c1ccccc1. The first-order valence-corrected chi connectivity index (χ1v) is 13.8. The topological polar surface area (TPSA) is 36.1 Å². The molecule has 6 aromatic rings. The van der Waals surface area contributed by atoms with E-state index in [-0.39, 0.29) is 5.92 Å². The fraction of sp³-hybridized carbons (Fsp3) is 0.0513. The molecule has 0 amide bonds. The third kappa shape index (κ3) is 5.77. The Morgan fingerprint density at radius 3 is 1.76 bits per heavy atom. The van der Waals surface area contributed by atoms with E-state index in [2.05, 4.69) is 84.7 Å². The maximum absolute atomic E-state index is 10.2. The molecule has 0 N–H and O–H groups in total. The summed E-state index contributed by atoms with van der Waals surface area (Å²) >= 11 is 0. The van der Waals surface area contributed by atoms with Crippen LogP contribution < -0.4 is 0 Å². The van der Waals surface area contributed by atoms with Crippen LogP contribution >= 0.6 is 0 Å². The molecule has 0 aliphatic carbocycles. The molecule has 0 heterocycles. The van der Waals surface area contributed by atoms with E-state index in [1.165, 1.54) is 0 Å². The second-order valence-corrected chi connectivity index (χ2v) is 10.0. The van der Waals surface area contributed by atoms with Crippen LogP contribution in [0.25, 0.3) is 16.3 Å². The van der Waals surface area contributed by atoms with E-state index < -0.39 is 0 Å². The summed E-state index contributed by atoms with van der Waals surface area (Å²) in [5.74, 6) is 3.08. The Bertz CT molecular complexity index is 1850. The summed E-state index contributed by atoms with van der Waals surface area (Å²) in [4.78, 5) is 5.01. The fourth-order valence-electron chi connectivity index (χ4n) is 5.29. The van der Waals surface area contributed by atoms with Gasteiger partial charge in [0, 0.05) is 0 Å². The number of hydrogen-bond acceptors (Lipinski definition) is 2. The number of nitriles is 1. The Morgan fingerprint density at radius 1 is 0.585 bits per heavy atom. The molecule has 0 saturated carbocycles. The van der Waals surface area contributed by atoms with Crippen molar-refractivity contribution >= 4 is 27.9 Å². The van der Waals surface area contributed by atoms with E-state index in [0.717, 1.165) is 55.4 Å². The number of rotatable bonds is 7. The Morgan fingerprint density at radius 2 is 1.12 bits per heavy atom. The average molecular weight is 525 g/mol. The number of hydrogen-bond donors (Lipinski definition) is 0. The quantitative estimate of drug-likeness (QED) is 0.192. The predicted octanol–water partition coefficient (Wildman–Crippen LogP) is 9.52. The van der Waals surface area contributed by atoms with E-state index in [4.69, 9.17) is 4.99 Å². The molecule has 6 aromatic carbocycles. The summed E-state index contributed by atoms with van der Waals surface area (Å²) in [5, 5.41) is 12.5. The van der Waals surface area contributed by atoms with Crippen molar-refractivity contribution in [3.8, 4) is 6.07 Å². The van der Waals surface area contributed by atoms with Crippen LogP contribution in [0.3, 0.4) is 0 Å². The van der Waals surface area contributed by atoms with Crippen LogP contribution in [0.4, 0.5) is 5.69 Å². The lowest BCUT2D eigenvalue weighted by molar-refractivity contribution is 0.995. The molecule has 0 bridgehead atoms. The van der Waals surface area contributed by atoms with Crippen LogP contribution in [0, 0.1) is 11.3 Å². The molecule has 0 fully saturated rings. The van der Waals surface area contributed by atoms with Crippen LogP contribution in [-0.2, 0) is 6.42 Å². The second-order valence-electron chi connectivity index (χ2n) is 10.0. The first-order chi connectivity index (χ1) is 20.3. The van der Waals surface area contributed by atoms with E-state index in [1.54, 1.807) is 0 Å². The molecule has 6 rings (SSSR count). The van der Waals surface area contributed by atoms with Gasteiger partial charge in [-0.1, -0.05) is 140 Å². The van der Waals surface area contributed by atoms with Gasteiger partial charge in [-0.05, 0) is 68.6 Å². The molecule has 0 aliphatic heterocycles. The van der Waals surface area contributed by atoms with Crippen molar-refractivity contribution in [1.82, 2.24) is 0 Å². The van der Waals surface area contributed by atoms with E-state index in [1.807, 2.05) is 78.9 Å². The van der Waals surface area contributed by atoms with Gasteiger partial charge < -0.3 is 0 Å². The minimum absolute atomic E-state index is 0.345. The molecule has 0 saturated heterocycles. The van der Waals surface area contributed by atoms with Crippen molar-refractivity contribution < 1.29 is 0 Å². The zero-order valence-electron chi connectivity index (χ0n) is 22.6. The smallest absolute Gasteiger partial charge is 0.0965 e. The van der Waals surface area contributed by atoms with Gasteiger partial charge in [-0.2, -0.15) is 5.26 Å². The molecule has 194 valence electrons. The lowest BCUT2D eigenvalue weighted by atomic mass is 9.86. The van der Waals surface area contributed by atoms with Gasteiger partial charge in [0.15, 0.2) is 0 Å². The van der Waals surface area contributed by atoms with Gasteiger partial charge in [0.1, 0.15) is 0 Å². The number of nitrogens with zero attached hydrogens (tertiary/aromatic N) is 2. The largest absolute Gasteiger partial charge is 0.205 e. The third-order valence-corrected chi connectivity index (χ3v) is 7.37. The van der Waals surface area contributed by atoms with Gasteiger partial charge >= 0.3 is 0 Å². The molecule has 2 heteroatoms. The summed E-state index contributed by atoms with van der Waals surface area (Å²) in [6, 6.07) is 54.1. The Kier molecular flexibility index (Phi) is 7.63. The van der Waals surface area contributed by atoms with Gasteiger partial charge in [0.05, 0.1) is 23.2 Å². The second kappa shape index (κ2) is 12.1. The summed E-state index contributed by atoms with van der Waals surface area (Å²) in [6.45, 7) is 0. The standard InChI is InChI=1S/C39H28N2/c40-27-37(29-14-4-1-5-15-29)36-23-13-12-22-34(36)25-35-24-32-20-10-11-21-33(32)26-39(35)41-28-38(30-16-6-2-7-17-30)31-18-8-3-9-19-31/h1-24,26,37H,25H2. The van der Waals surface area contributed by atoms with Crippen molar-refractivity contribution in [3.63, 3.8) is 0 Å². The Labute approximate surface area is 241 Å². The van der Waals surface area contributed by atoms with Crippen LogP contribution in [0.2, 0.25) is 0 Å². The average Bonchev–Trinajstić information content (AvgIpc) is 3.04. The molecule has 2 nitrogen and oxygen atoms in total. The normalized spacial score (nSPS) is 11.3. The number of benzene rings is 6. The van der Waals surface area contributed by atoms with Gasteiger partial charge in [-0.3, -0.25) is 0 Å². The number of fused-ring (bicyclic) bond motifs is 1. The first-order valence-electron chi connectivity index (χ1n) is 13.8. The third-order valence-electron chi connectivity index (χ3n) is 7.37. The van der Waals surface area contributed by atoms with Crippen molar-refractivity contribution in [2.45, 2.75) is 12.3 Å². The summed E-state index contributed by atoms with van der Waals surface area (Å²) in [7, 11) is 0. The molecular weight excluding hydrogens is 496 g/mol. The summed E-state index contributed by atoms with van der Waals surface area (Å²) < 4.78 is 0. The highest BCUT2D eigenvalue weighted by Crippen LogP contribution is 2.33. The molecule has 0 radical (unpaired) electrons. The van der Waals surface area contributed by atoms with E-state index in [0.29, 0.717) is 6.42 Å². The maximum Gasteiger partial charge on any atom is 0.0965 e. The molecule has 1 unspecified atom stereocenters. The van der Waals surface area contributed by atoms with Gasteiger partial charge in [-0.15, -0.1) is 0 Å². The molecule has 0 spiro atoms. The first kappa shape index (κ1) is 25.8. The molecule has 1 atom stereocenters. The van der Waals surface area contributed by atoms with Crippen LogP contribution in [0.1, 0.15) is 39.3 Å². The molecule has 0 aliphatic rings.